The highest BCUT2D eigenvalue weighted by atomic mass is 16.5. The minimum absolute atomic E-state index is 0.0132. The second-order valence-electron chi connectivity index (χ2n) is 7.24. The Morgan fingerprint density at radius 2 is 1.75 bits per heavy atom. The van der Waals surface area contributed by atoms with Crippen LogP contribution in [0.25, 0.3) is 0 Å². The molecule has 3 aromatic rings. The van der Waals surface area contributed by atoms with Crippen molar-refractivity contribution < 1.29 is 14.6 Å². The van der Waals surface area contributed by atoms with Crippen LogP contribution in [0.4, 0.5) is 11.4 Å². The van der Waals surface area contributed by atoms with E-state index in [0.717, 1.165) is 12.1 Å². The highest BCUT2D eigenvalue weighted by Crippen LogP contribution is 2.24. The second-order valence-corrected chi connectivity index (χ2v) is 7.24. The van der Waals surface area contributed by atoms with Gasteiger partial charge in [0, 0.05) is 5.56 Å². The highest BCUT2D eigenvalue weighted by Gasteiger charge is 2.05. The van der Waals surface area contributed by atoms with E-state index < -0.39 is 5.91 Å². The van der Waals surface area contributed by atoms with Crippen LogP contribution >= 0.6 is 0 Å². The number of phenols is 1. The summed E-state index contributed by atoms with van der Waals surface area (Å²) < 4.78 is 5.49. The van der Waals surface area contributed by atoms with E-state index in [2.05, 4.69) is 34.6 Å². The van der Waals surface area contributed by atoms with Crippen LogP contribution in [0.15, 0.2) is 88.1 Å². The van der Waals surface area contributed by atoms with Gasteiger partial charge in [0.1, 0.15) is 11.5 Å². The fourth-order valence-electron chi connectivity index (χ4n) is 2.80. The Balaban J connectivity index is 1.52. The van der Waals surface area contributed by atoms with Gasteiger partial charge in [-0.05, 0) is 60.4 Å². The van der Waals surface area contributed by atoms with Gasteiger partial charge in [0.25, 0.3) is 5.91 Å². The van der Waals surface area contributed by atoms with E-state index in [4.69, 9.17) is 4.74 Å². The zero-order valence-electron chi connectivity index (χ0n) is 18.1. The smallest absolute Gasteiger partial charge is 0.277 e. The maximum atomic E-state index is 12.0. The molecule has 0 saturated carbocycles. The van der Waals surface area contributed by atoms with Crippen molar-refractivity contribution in [2.45, 2.75) is 26.2 Å². The predicted octanol–water partition coefficient (Wildman–Crippen LogP) is 5.85. The lowest BCUT2D eigenvalue weighted by atomic mass is 9.99. The van der Waals surface area contributed by atoms with Crippen LogP contribution in [0.5, 0.6) is 11.5 Å². The van der Waals surface area contributed by atoms with Gasteiger partial charge >= 0.3 is 0 Å². The second kappa shape index (κ2) is 11.4. The van der Waals surface area contributed by atoms with Crippen molar-refractivity contribution in [1.29, 1.82) is 0 Å². The molecule has 0 aliphatic heterocycles. The molecule has 164 valence electrons. The Bertz CT molecular complexity index is 1080. The number of aromatic hydroxyl groups is 1. The van der Waals surface area contributed by atoms with Gasteiger partial charge in [-0.1, -0.05) is 44.2 Å². The number of benzene rings is 3. The highest BCUT2D eigenvalue weighted by molar-refractivity contribution is 5.86. The first-order chi connectivity index (χ1) is 15.5. The number of nitrogens with one attached hydrogen (secondary N) is 1. The van der Waals surface area contributed by atoms with E-state index in [-0.39, 0.29) is 12.4 Å². The van der Waals surface area contributed by atoms with E-state index >= 15 is 0 Å². The number of rotatable bonds is 9. The number of amides is 1. The molecule has 0 heterocycles. The first-order valence-electron chi connectivity index (χ1n) is 10.4. The number of carbonyl (C=O) groups excluding carboxylic acids is 1. The van der Waals surface area contributed by atoms with Gasteiger partial charge in [-0.2, -0.15) is 15.3 Å². The van der Waals surface area contributed by atoms with Gasteiger partial charge in [0.2, 0.25) is 0 Å². The fraction of sp³-hybridized carbons (Fsp3) is 0.200. The summed E-state index contributed by atoms with van der Waals surface area (Å²) in [5.74, 6) is 0.702. The molecular weight excluding hydrogens is 404 g/mol. The Morgan fingerprint density at radius 3 is 2.47 bits per heavy atom. The third kappa shape index (κ3) is 6.77. The third-order valence-corrected chi connectivity index (χ3v) is 4.87. The van der Waals surface area contributed by atoms with Crippen LogP contribution in [-0.4, -0.2) is 23.8 Å². The SMILES string of the molecule is CC[C@@H](C)c1ccc(OCC(=O)N/N=C\c2cc(N=Nc3ccccc3)ccc2O)cc1. The molecule has 0 aliphatic carbocycles. The van der Waals surface area contributed by atoms with Crippen molar-refractivity contribution in [1.82, 2.24) is 5.43 Å². The lowest BCUT2D eigenvalue weighted by molar-refractivity contribution is -0.123. The average molecular weight is 431 g/mol. The largest absolute Gasteiger partial charge is 0.507 e. The molecule has 32 heavy (non-hydrogen) atoms. The van der Waals surface area contributed by atoms with Gasteiger partial charge in [0.15, 0.2) is 6.61 Å². The number of hydrogen-bond acceptors (Lipinski definition) is 6. The monoisotopic (exact) mass is 430 g/mol. The Kier molecular flexibility index (Phi) is 8.09. The molecule has 2 N–H and O–H groups in total. The summed E-state index contributed by atoms with van der Waals surface area (Å²) in [5, 5.41) is 22.2. The van der Waals surface area contributed by atoms with Crippen molar-refractivity contribution in [3.05, 3.63) is 83.9 Å². The summed E-state index contributed by atoms with van der Waals surface area (Å²) in [4.78, 5) is 12.0. The van der Waals surface area contributed by atoms with Crippen LogP contribution in [0, 0.1) is 0 Å². The quantitative estimate of drug-likeness (QED) is 0.253. The van der Waals surface area contributed by atoms with Crippen LogP contribution in [0.1, 0.15) is 37.3 Å². The molecule has 0 saturated heterocycles. The van der Waals surface area contributed by atoms with E-state index in [1.54, 1.807) is 12.1 Å². The summed E-state index contributed by atoms with van der Waals surface area (Å²) in [7, 11) is 0. The number of nitrogens with zero attached hydrogens (tertiary/aromatic N) is 3. The van der Waals surface area contributed by atoms with Crippen molar-refractivity contribution in [2.75, 3.05) is 6.61 Å². The topological polar surface area (TPSA) is 95.6 Å². The number of hydrazone groups is 1. The minimum atomic E-state index is -0.410. The first kappa shape index (κ1) is 22.7. The molecule has 3 rings (SSSR count). The number of azo groups is 1. The number of hydrogen-bond donors (Lipinski definition) is 2. The molecule has 1 amide bonds. The van der Waals surface area contributed by atoms with Gasteiger partial charge in [0.05, 0.1) is 17.6 Å². The molecule has 0 fully saturated rings. The molecule has 0 unspecified atom stereocenters. The molecule has 0 radical (unpaired) electrons. The summed E-state index contributed by atoms with van der Waals surface area (Å²) in [6, 6.07) is 21.8. The Labute approximate surface area is 187 Å². The molecule has 3 aromatic carbocycles. The zero-order chi connectivity index (χ0) is 22.8. The summed E-state index contributed by atoms with van der Waals surface area (Å²) in [6.45, 7) is 4.14. The Morgan fingerprint density at radius 1 is 1.03 bits per heavy atom. The van der Waals surface area contributed by atoms with Crippen molar-refractivity contribution in [2.24, 2.45) is 15.3 Å². The van der Waals surface area contributed by atoms with E-state index in [1.807, 2.05) is 54.6 Å². The number of carbonyl (C=O) groups is 1. The molecule has 7 heteroatoms. The average Bonchev–Trinajstić information content (AvgIpc) is 2.83. The number of ether oxygens (including phenoxy) is 1. The van der Waals surface area contributed by atoms with Crippen molar-refractivity contribution >= 4 is 23.5 Å². The fourth-order valence-corrected chi connectivity index (χ4v) is 2.80. The maximum Gasteiger partial charge on any atom is 0.277 e. The summed E-state index contributed by atoms with van der Waals surface area (Å²) in [5.41, 5.74) is 5.28. The van der Waals surface area contributed by atoms with Crippen LogP contribution in [0.3, 0.4) is 0 Å². The van der Waals surface area contributed by atoms with Crippen LogP contribution in [-0.2, 0) is 4.79 Å². The molecule has 0 aromatic heterocycles. The van der Waals surface area contributed by atoms with Gasteiger partial charge < -0.3 is 9.84 Å². The van der Waals surface area contributed by atoms with Crippen LogP contribution in [0.2, 0.25) is 0 Å². The summed E-state index contributed by atoms with van der Waals surface area (Å²) in [6.07, 6.45) is 2.41. The zero-order valence-corrected chi connectivity index (χ0v) is 18.1. The molecule has 7 nitrogen and oxygen atoms in total. The van der Waals surface area contributed by atoms with Crippen LogP contribution < -0.4 is 10.2 Å². The van der Waals surface area contributed by atoms with Gasteiger partial charge in [-0.25, -0.2) is 5.43 Å². The molecule has 1 atom stereocenters. The minimum Gasteiger partial charge on any atom is -0.507 e. The standard InChI is InChI=1S/C25H26N4O3/c1-3-18(2)19-9-12-23(13-10-19)32-17-25(31)29-26-16-20-15-22(11-14-24(20)30)28-27-21-7-5-4-6-8-21/h4-16,18,30H,3,17H2,1-2H3,(H,29,31)/b26-16-,28-27?/t18-/m1/s1. The van der Waals surface area contributed by atoms with Crippen molar-refractivity contribution in [3.63, 3.8) is 0 Å². The molecule has 0 aliphatic rings. The predicted molar refractivity (Wildman–Crippen MR) is 125 cm³/mol. The van der Waals surface area contributed by atoms with Gasteiger partial charge in [-0.15, -0.1) is 0 Å². The maximum absolute atomic E-state index is 12.0. The third-order valence-electron chi connectivity index (χ3n) is 4.87. The lowest BCUT2D eigenvalue weighted by Crippen LogP contribution is -2.24. The van der Waals surface area contributed by atoms with E-state index in [9.17, 15) is 9.90 Å². The van der Waals surface area contributed by atoms with E-state index in [1.165, 1.54) is 17.8 Å². The normalized spacial score (nSPS) is 12.2. The first-order valence-corrected chi connectivity index (χ1v) is 10.4. The van der Waals surface area contributed by atoms with E-state index in [0.29, 0.717) is 22.9 Å². The molecule has 0 spiro atoms. The van der Waals surface area contributed by atoms with Crippen molar-refractivity contribution in [3.8, 4) is 11.5 Å². The number of phenolic OH excluding ortho intramolecular Hbond substituents is 1. The summed E-state index contributed by atoms with van der Waals surface area (Å²) >= 11 is 0. The lowest BCUT2D eigenvalue weighted by Gasteiger charge is -2.10. The Hall–Kier alpha value is -4.00. The van der Waals surface area contributed by atoms with Gasteiger partial charge in [-0.3, -0.25) is 4.79 Å². The molecule has 0 bridgehead atoms. The molecular formula is C25H26N4O3.